The molecule has 0 radical (unpaired) electrons. The van der Waals surface area contributed by atoms with Crippen molar-refractivity contribution < 1.29 is 29.4 Å². The van der Waals surface area contributed by atoms with E-state index in [2.05, 4.69) is 20.9 Å². The summed E-state index contributed by atoms with van der Waals surface area (Å²) >= 11 is 0. The van der Waals surface area contributed by atoms with Crippen LogP contribution >= 0.6 is 0 Å². The molecule has 0 bridgehead atoms. The van der Waals surface area contributed by atoms with E-state index < -0.39 is 54.5 Å². The van der Waals surface area contributed by atoms with Crippen LogP contribution < -0.4 is 33.2 Å². The zero-order valence-corrected chi connectivity index (χ0v) is 20.5. The number of guanidine groups is 1. The van der Waals surface area contributed by atoms with Gasteiger partial charge in [-0.05, 0) is 24.3 Å². The zero-order chi connectivity index (χ0) is 27.3. The van der Waals surface area contributed by atoms with Gasteiger partial charge in [-0.3, -0.25) is 19.4 Å². The predicted octanol–water partition coefficient (Wildman–Crippen LogP) is -2.20. The third-order valence-electron chi connectivity index (χ3n) is 5.31. The van der Waals surface area contributed by atoms with Crippen molar-refractivity contribution in [1.29, 1.82) is 0 Å². The van der Waals surface area contributed by atoms with Gasteiger partial charge < -0.3 is 43.4 Å². The Morgan fingerprint density at radius 1 is 0.917 bits per heavy atom. The Labute approximate surface area is 209 Å². The van der Waals surface area contributed by atoms with E-state index >= 15 is 0 Å². The van der Waals surface area contributed by atoms with E-state index in [9.17, 15) is 24.3 Å². The Balaban J connectivity index is 3.11. The second-order valence-electron chi connectivity index (χ2n) is 8.61. The molecule has 3 amide bonds. The summed E-state index contributed by atoms with van der Waals surface area (Å²) in [5.41, 5.74) is 17.3. The van der Waals surface area contributed by atoms with Crippen LogP contribution in [0.4, 0.5) is 0 Å². The SMILES string of the molecule is CC(C)[C@H](N)C(=O)N[C@@H](CCCN=C(N)N)C(=O)N[C@@H](Cc1ccccc1)C(=O)N[C@@H](CO)C(=O)O. The first-order valence-electron chi connectivity index (χ1n) is 11.6. The Bertz CT molecular complexity index is 905. The maximum atomic E-state index is 13.2. The molecule has 0 aliphatic rings. The van der Waals surface area contributed by atoms with Crippen molar-refractivity contribution in [2.75, 3.05) is 13.2 Å². The Morgan fingerprint density at radius 2 is 1.47 bits per heavy atom. The molecule has 200 valence electrons. The monoisotopic (exact) mass is 507 g/mol. The Morgan fingerprint density at radius 3 is 2.00 bits per heavy atom. The van der Waals surface area contributed by atoms with E-state index in [4.69, 9.17) is 22.3 Å². The lowest BCUT2D eigenvalue weighted by atomic mass is 10.0. The van der Waals surface area contributed by atoms with Crippen molar-refractivity contribution >= 4 is 29.7 Å². The molecule has 0 fully saturated rings. The highest BCUT2D eigenvalue weighted by Crippen LogP contribution is 2.07. The fraction of sp³-hybridized carbons (Fsp3) is 0.522. The molecule has 1 rings (SSSR count). The summed E-state index contributed by atoms with van der Waals surface area (Å²) in [5.74, 6) is -3.74. The van der Waals surface area contributed by atoms with Crippen molar-refractivity contribution in [3.8, 4) is 0 Å². The zero-order valence-electron chi connectivity index (χ0n) is 20.5. The third-order valence-corrected chi connectivity index (χ3v) is 5.31. The number of hydrogen-bond acceptors (Lipinski definition) is 7. The number of amides is 3. The van der Waals surface area contributed by atoms with Gasteiger partial charge in [-0.25, -0.2) is 4.79 Å². The van der Waals surface area contributed by atoms with E-state index in [1.165, 1.54) is 0 Å². The summed E-state index contributed by atoms with van der Waals surface area (Å²) in [6.45, 7) is 2.91. The van der Waals surface area contributed by atoms with Crippen LogP contribution in [0.25, 0.3) is 0 Å². The molecule has 0 spiro atoms. The summed E-state index contributed by atoms with van der Waals surface area (Å²) in [6.07, 6.45) is 0.526. The number of carboxylic acids is 1. The van der Waals surface area contributed by atoms with Crippen LogP contribution in [0.2, 0.25) is 0 Å². The van der Waals surface area contributed by atoms with Gasteiger partial charge in [0.05, 0.1) is 12.6 Å². The predicted molar refractivity (Wildman–Crippen MR) is 133 cm³/mol. The first-order chi connectivity index (χ1) is 17.0. The molecule has 0 unspecified atom stereocenters. The summed E-state index contributed by atoms with van der Waals surface area (Å²) in [5, 5.41) is 25.9. The van der Waals surface area contributed by atoms with Crippen molar-refractivity contribution in [3.63, 3.8) is 0 Å². The lowest BCUT2D eigenvalue weighted by Crippen LogP contribution is -2.58. The molecule has 1 aromatic carbocycles. The van der Waals surface area contributed by atoms with Crippen LogP contribution in [0.3, 0.4) is 0 Å². The fourth-order valence-corrected chi connectivity index (χ4v) is 3.13. The van der Waals surface area contributed by atoms with Gasteiger partial charge in [0.25, 0.3) is 0 Å². The molecule has 11 N–H and O–H groups in total. The van der Waals surface area contributed by atoms with Gasteiger partial charge in [0.2, 0.25) is 17.7 Å². The van der Waals surface area contributed by atoms with Crippen LogP contribution in [0.15, 0.2) is 35.3 Å². The maximum absolute atomic E-state index is 13.2. The number of aliphatic hydroxyl groups is 1. The number of aliphatic hydroxyl groups excluding tert-OH is 1. The first-order valence-corrected chi connectivity index (χ1v) is 11.6. The largest absolute Gasteiger partial charge is 0.480 e. The third kappa shape index (κ3) is 10.7. The quantitative estimate of drug-likeness (QED) is 0.0729. The lowest BCUT2D eigenvalue weighted by molar-refractivity contribution is -0.143. The van der Waals surface area contributed by atoms with Gasteiger partial charge in [-0.1, -0.05) is 44.2 Å². The molecule has 13 nitrogen and oxygen atoms in total. The highest BCUT2D eigenvalue weighted by Gasteiger charge is 2.30. The lowest BCUT2D eigenvalue weighted by Gasteiger charge is -2.25. The van der Waals surface area contributed by atoms with E-state index in [1.54, 1.807) is 44.2 Å². The molecule has 0 aliphatic heterocycles. The number of carbonyl (C=O) groups is 4. The minimum absolute atomic E-state index is 0.0381. The van der Waals surface area contributed by atoms with Crippen LogP contribution in [-0.2, 0) is 25.6 Å². The summed E-state index contributed by atoms with van der Waals surface area (Å²) in [7, 11) is 0. The highest BCUT2D eigenvalue weighted by atomic mass is 16.4. The fourth-order valence-electron chi connectivity index (χ4n) is 3.13. The van der Waals surface area contributed by atoms with Gasteiger partial charge >= 0.3 is 5.97 Å². The standard InChI is InChI=1S/C23H37N7O6/c1-13(2)18(24)21(34)28-15(9-6-10-27-23(25)26)19(32)29-16(11-14-7-4-3-5-8-14)20(33)30-17(12-31)22(35)36/h3-5,7-8,13,15-18,31H,6,9-12,24H2,1-2H3,(H,28,34)(H,29,32)(H,30,33)(H,35,36)(H4,25,26,27)/t15-,16-,17-,18-/m0/s1. The highest BCUT2D eigenvalue weighted by molar-refractivity contribution is 5.94. The number of carboxylic acid groups (broad SMARTS) is 1. The van der Waals surface area contributed by atoms with E-state index in [-0.39, 0.29) is 31.3 Å². The van der Waals surface area contributed by atoms with E-state index in [0.29, 0.717) is 12.0 Å². The Hall–Kier alpha value is -3.71. The minimum Gasteiger partial charge on any atom is -0.480 e. The average molecular weight is 508 g/mol. The molecule has 0 heterocycles. The second kappa shape index (κ2) is 15.3. The first kappa shape index (κ1) is 30.3. The van der Waals surface area contributed by atoms with Gasteiger partial charge in [-0.2, -0.15) is 0 Å². The number of benzene rings is 1. The molecule has 0 saturated carbocycles. The second-order valence-corrected chi connectivity index (χ2v) is 8.61. The number of nitrogens with zero attached hydrogens (tertiary/aromatic N) is 1. The number of hydrogen-bond donors (Lipinski definition) is 8. The number of carbonyl (C=O) groups excluding carboxylic acids is 3. The normalized spacial score (nSPS) is 14.1. The molecule has 13 heteroatoms. The summed E-state index contributed by atoms with van der Waals surface area (Å²) < 4.78 is 0. The van der Waals surface area contributed by atoms with Gasteiger partial charge in [0.1, 0.15) is 18.1 Å². The van der Waals surface area contributed by atoms with Crippen molar-refractivity contribution in [2.45, 2.75) is 57.3 Å². The molecule has 0 aliphatic carbocycles. The van der Waals surface area contributed by atoms with Gasteiger partial charge in [-0.15, -0.1) is 0 Å². The number of aliphatic carboxylic acids is 1. The summed E-state index contributed by atoms with van der Waals surface area (Å²) in [6, 6.07) is 4.10. The summed E-state index contributed by atoms with van der Waals surface area (Å²) in [4.78, 5) is 53.8. The molecule has 0 saturated heterocycles. The maximum Gasteiger partial charge on any atom is 0.328 e. The number of nitrogens with two attached hydrogens (primary N) is 3. The van der Waals surface area contributed by atoms with Crippen LogP contribution in [0.1, 0.15) is 32.3 Å². The molecule has 36 heavy (non-hydrogen) atoms. The molecule has 1 aromatic rings. The van der Waals surface area contributed by atoms with E-state index in [1.807, 2.05) is 0 Å². The van der Waals surface area contributed by atoms with Gasteiger partial charge in [0, 0.05) is 13.0 Å². The van der Waals surface area contributed by atoms with E-state index in [0.717, 1.165) is 0 Å². The molecular weight excluding hydrogens is 470 g/mol. The van der Waals surface area contributed by atoms with Crippen LogP contribution in [-0.4, -0.2) is 77.2 Å². The molecule has 0 aromatic heterocycles. The van der Waals surface area contributed by atoms with Crippen molar-refractivity contribution in [2.24, 2.45) is 28.1 Å². The van der Waals surface area contributed by atoms with Gasteiger partial charge in [0.15, 0.2) is 5.96 Å². The number of nitrogens with one attached hydrogen (secondary N) is 3. The molecular formula is C23H37N7O6. The smallest absolute Gasteiger partial charge is 0.328 e. The van der Waals surface area contributed by atoms with Crippen molar-refractivity contribution in [1.82, 2.24) is 16.0 Å². The topological polar surface area (TPSA) is 235 Å². The number of rotatable bonds is 15. The molecule has 4 atom stereocenters. The minimum atomic E-state index is -1.55. The van der Waals surface area contributed by atoms with Crippen LogP contribution in [0.5, 0.6) is 0 Å². The average Bonchev–Trinajstić information content (AvgIpc) is 2.83. The number of aliphatic imine (C=N–C) groups is 1. The van der Waals surface area contributed by atoms with Crippen LogP contribution in [0, 0.1) is 5.92 Å². The Kier molecular flexibility index (Phi) is 12.9. The van der Waals surface area contributed by atoms with Crippen molar-refractivity contribution in [3.05, 3.63) is 35.9 Å².